The van der Waals surface area contributed by atoms with Crippen molar-refractivity contribution in [2.24, 2.45) is 29.1 Å². The predicted octanol–water partition coefficient (Wildman–Crippen LogP) is 2.63. The van der Waals surface area contributed by atoms with Crippen molar-refractivity contribution in [3.05, 3.63) is 0 Å². The molecule has 1 aliphatic carbocycles. The first-order chi connectivity index (χ1) is 9.20. The number of hydrogen-bond acceptors (Lipinski definition) is 2. The van der Waals surface area contributed by atoms with Crippen LogP contribution >= 0.6 is 0 Å². The number of carboxylic acid groups (broad SMARTS) is 1. The van der Waals surface area contributed by atoms with E-state index in [1.165, 1.54) is 0 Å². The maximum atomic E-state index is 12.6. The highest BCUT2D eigenvalue weighted by molar-refractivity contribution is 5.85. The van der Waals surface area contributed by atoms with Gasteiger partial charge in [-0.2, -0.15) is 0 Å². The van der Waals surface area contributed by atoms with Gasteiger partial charge in [0.2, 0.25) is 5.91 Å². The van der Waals surface area contributed by atoms with Crippen molar-refractivity contribution in [3.63, 3.8) is 0 Å². The fourth-order valence-electron chi connectivity index (χ4n) is 3.74. The van der Waals surface area contributed by atoms with Gasteiger partial charge in [-0.1, -0.05) is 27.7 Å². The monoisotopic (exact) mass is 281 g/mol. The van der Waals surface area contributed by atoms with Crippen molar-refractivity contribution in [1.82, 2.24) is 4.90 Å². The maximum absolute atomic E-state index is 12.6. The zero-order chi connectivity index (χ0) is 15.1. The Morgan fingerprint density at radius 2 is 1.75 bits per heavy atom. The predicted molar refractivity (Wildman–Crippen MR) is 77.2 cm³/mol. The van der Waals surface area contributed by atoms with Gasteiger partial charge in [0, 0.05) is 13.1 Å². The second-order valence-electron chi connectivity index (χ2n) is 7.76. The molecule has 2 aliphatic rings. The molecule has 0 aromatic rings. The third-order valence-electron chi connectivity index (χ3n) is 5.16. The van der Waals surface area contributed by atoms with Crippen molar-refractivity contribution in [2.45, 2.75) is 47.0 Å². The highest BCUT2D eigenvalue weighted by Gasteiger charge is 2.44. The van der Waals surface area contributed by atoms with Gasteiger partial charge >= 0.3 is 5.97 Å². The number of carbonyl (C=O) groups is 2. The molecule has 0 aromatic carbocycles. The number of amides is 1. The van der Waals surface area contributed by atoms with E-state index in [0.29, 0.717) is 18.3 Å². The van der Waals surface area contributed by atoms with Crippen LogP contribution in [0.15, 0.2) is 0 Å². The summed E-state index contributed by atoms with van der Waals surface area (Å²) < 4.78 is 0. The summed E-state index contributed by atoms with van der Waals surface area (Å²) in [4.78, 5) is 25.9. The highest BCUT2D eigenvalue weighted by Crippen LogP contribution is 2.40. The molecule has 20 heavy (non-hydrogen) atoms. The van der Waals surface area contributed by atoms with E-state index in [2.05, 4.69) is 20.8 Å². The van der Waals surface area contributed by atoms with Crippen LogP contribution in [0, 0.1) is 29.1 Å². The van der Waals surface area contributed by atoms with Gasteiger partial charge in [0.1, 0.15) is 0 Å². The number of hydrogen-bond donors (Lipinski definition) is 1. The molecule has 1 saturated carbocycles. The van der Waals surface area contributed by atoms with E-state index in [1.54, 1.807) is 0 Å². The zero-order valence-electron chi connectivity index (χ0n) is 13.1. The Kier molecular flexibility index (Phi) is 4.12. The fourth-order valence-corrected chi connectivity index (χ4v) is 3.74. The first-order valence-corrected chi connectivity index (χ1v) is 7.71. The molecule has 1 N–H and O–H groups in total. The van der Waals surface area contributed by atoms with Crippen LogP contribution in [0.5, 0.6) is 0 Å². The van der Waals surface area contributed by atoms with Crippen LogP contribution in [0.4, 0.5) is 0 Å². The SMILES string of the molecule is CC1CC(C(=O)O)C(C(=O)N2CCC(C(C)(C)C)C2)C1. The summed E-state index contributed by atoms with van der Waals surface area (Å²) in [6, 6.07) is 0. The van der Waals surface area contributed by atoms with E-state index in [-0.39, 0.29) is 17.2 Å². The average molecular weight is 281 g/mol. The molecule has 1 heterocycles. The lowest BCUT2D eigenvalue weighted by Gasteiger charge is -2.28. The van der Waals surface area contributed by atoms with E-state index in [4.69, 9.17) is 0 Å². The molecule has 4 heteroatoms. The minimum atomic E-state index is -0.806. The third kappa shape index (κ3) is 2.99. The lowest BCUT2D eigenvalue weighted by atomic mass is 9.80. The van der Waals surface area contributed by atoms with Gasteiger partial charge in [-0.3, -0.25) is 9.59 Å². The van der Waals surface area contributed by atoms with Crippen LogP contribution in [0.1, 0.15) is 47.0 Å². The van der Waals surface area contributed by atoms with E-state index < -0.39 is 11.9 Å². The van der Waals surface area contributed by atoms with Crippen LogP contribution in [0.2, 0.25) is 0 Å². The van der Waals surface area contributed by atoms with Gasteiger partial charge in [-0.15, -0.1) is 0 Å². The lowest BCUT2D eigenvalue weighted by Crippen LogP contribution is -2.38. The van der Waals surface area contributed by atoms with Gasteiger partial charge in [-0.05, 0) is 36.5 Å². The fraction of sp³-hybridized carbons (Fsp3) is 0.875. The molecule has 0 bridgehead atoms. The number of carboxylic acids is 1. The standard InChI is InChI=1S/C16H27NO3/c1-10-7-12(13(8-10)15(19)20)14(18)17-6-5-11(9-17)16(2,3)4/h10-13H,5-9H2,1-4H3,(H,19,20). The van der Waals surface area contributed by atoms with Crippen LogP contribution in [-0.2, 0) is 9.59 Å². The molecule has 1 amide bonds. The summed E-state index contributed by atoms with van der Waals surface area (Å²) in [6.45, 7) is 10.3. The summed E-state index contributed by atoms with van der Waals surface area (Å²) in [5, 5.41) is 9.30. The molecule has 2 rings (SSSR count). The Labute approximate surface area is 121 Å². The molecule has 0 radical (unpaired) electrons. The van der Waals surface area contributed by atoms with Crippen molar-refractivity contribution >= 4 is 11.9 Å². The summed E-state index contributed by atoms with van der Waals surface area (Å²) in [5.41, 5.74) is 0.212. The van der Waals surface area contributed by atoms with Crippen molar-refractivity contribution in [1.29, 1.82) is 0 Å². The van der Waals surface area contributed by atoms with Gasteiger partial charge in [-0.25, -0.2) is 0 Å². The van der Waals surface area contributed by atoms with Gasteiger partial charge < -0.3 is 10.0 Å². The molecule has 4 atom stereocenters. The highest BCUT2D eigenvalue weighted by atomic mass is 16.4. The molecule has 114 valence electrons. The van der Waals surface area contributed by atoms with Crippen LogP contribution in [0.25, 0.3) is 0 Å². The quantitative estimate of drug-likeness (QED) is 0.846. The van der Waals surface area contributed by atoms with Crippen molar-refractivity contribution < 1.29 is 14.7 Å². The van der Waals surface area contributed by atoms with Crippen LogP contribution in [0.3, 0.4) is 0 Å². The molecular weight excluding hydrogens is 254 g/mol. The van der Waals surface area contributed by atoms with E-state index in [1.807, 2.05) is 11.8 Å². The Morgan fingerprint density at radius 1 is 1.15 bits per heavy atom. The summed E-state index contributed by atoms with van der Waals surface area (Å²) in [5.74, 6) is -0.653. The van der Waals surface area contributed by atoms with Crippen LogP contribution < -0.4 is 0 Å². The number of aliphatic carboxylic acids is 1. The maximum Gasteiger partial charge on any atom is 0.307 e. The van der Waals surface area contributed by atoms with E-state index in [0.717, 1.165) is 25.9 Å². The molecule has 1 saturated heterocycles. The van der Waals surface area contributed by atoms with Gasteiger partial charge in [0.15, 0.2) is 0 Å². The summed E-state index contributed by atoms with van der Waals surface area (Å²) in [6.07, 6.45) is 2.41. The topological polar surface area (TPSA) is 57.6 Å². The third-order valence-corrected chi connectivity index (χ3v) is 5.16. The number of rotatable bonds is 2. The Morgan fingerprint density at radius 3 is 2.25 bits per heavy atom. The molecule has 0 aromatic heterocycles. The van der Waals surface area contributed by atoms with Gasteiger partial charge in [0.05, 0.1) is 11.8 Å². The molecule has 1 aliphatic heterocycles. The largest absolute Gasteiger partial charge is 0.481 e. The zero-order valence-corrected chi connectivity index (χ0v) is 13.1. The average Bonchev–Trinajstić information content (AvgIpc) is 2.93. The van der Waals surface area contributed by atoms with E-state index >= 15 is 0 Å². The van der Waals surface area contributed by atoms with E-state index in [9.17, 15) is 14.7 Å². The van der Waals surface area contributed by atoms with Crippen molar-refractivity contribution in [2.75, 3.05) is 13.1 Å². The minimum Gasteiger partial charge on any atom is -0.481 e. The molecule has 4 unspecified atom stereocenters. The number of nitrogens with zero attached hydrogens (tertiary/aromatic N) is 1. The Bertz CT molecular complexity index is 399. The van der Waals surface area contributed by atoms with Crippen molar-refractivity contribution in [3.8, 4) is 0 Å². The first-order valence-electron chi connectivity index (χ1n) is 7.71. The Balaban J connectivity index is 2.03. The lowest BCUT2D eigenvalue weighted by molar-refractivity contribution is -0.148. The number of likely N-dealkylation sites (tertiary alicyclic amines) is 1. The first kappa shape index (κ1) is 15.3. The molecule has 2 fully saturated rings. The smallest absolute Gasteiger partial charge is 0.307 e. The summed E-state index contributed by atoms with van der Waals surface area (Å²) in [7, 11) is 0. The molecular formula is C16H27NO3. The van der Waals surface area contributed by atoms with Gasteiger partial charge in [0.25, 0.3) is 0 Å². The van der Waals surface area contributed by atoms with Crippen LogP contribution in [-0.4, -0.2) is 35.0 Å². The molecule has 0 spiro atoms. The minimum absolute atomic E-state index is 0.0773. The Hall–Kier alpha value is -1.06. The normalized spacial score (nSPS) is 34.5. The second kappa shape index (κ2) is 5.38. The summed E-state index contributed by atoms with van der Waals surface area (Å²) >= 11 is 0. The molecule has 4 nitrogen and oxygen atoms in total. The second-order valence-corrected chi connectivity index (χ2v) is 7.76. The number of carbonyl (C=O) groups excluding carboxylic acids is 1.